The molecule has 0 aromatic carbocycles. The van der Waals surface area contributed by atoms with Crippen LogP contribution >= 0.6 is 10.8 Å². The zero-order chi connectivity index (χ0) is 5.21. The van der Waals surface area contributed by atoms with E-state index in [2.05, 4.69) is 6.26 Å². The normalized spacial score (nSPS) is 11.7. The molecule has 0 atom stereocenters. The Morgan fingerprint density at radius 1 is 1.67 bits per heavy atom. The Kier molecular flexibility index (Phi) is 1.93. The van der Waals surface area contributed by atoms with Crippen LogP contribution in [0.25, 0.3) is 0 Å². The Hall–Kier alpha value is 0.300. The minimum Gasteiger partial charge on any atom is -0.252 e. The lowest BCUT2D eigenvalue weighted by Crippen LogP contribution is -1.78. The smallest absolute Gasteiger partial charge is 0.0719 e. The van der Waals surface area contributed by atoms with Crippen LogP contribution in [0.4, 0.5) is 0 Å². The average Bonchev–Trinajstić information content (AvgIpc) is 1.35. The standard InChI is InChI=1S/C2H5O2S2/c1-5-6(2,3)4/h2H2,1H3/q-1. The highest BCUT2D eigenvalue weighted by atomic mass is 33.1. The van der Waals surface area contributed by atoms with Gasteiger partial charge in [-0.15, -0.1) is 0 Å². The summed E-state index contributed by atoms with van der Waals surface area (Å²) >= 11 is 0. The van der Waals surface area contributed by atoms with Gasteiger partial charge in [-0.2, -0.15) is 0 Å². The maximum Gasteiger partial charge on any atom is 0.0719 e. The molecule has 0 amide bonds. The molecule has 2 nitrogen and oxygen atoms in total. The van der Waals surface area contributed by atoms with Crippen molar-refractivity contribution in [2.45, 2.75) is 0 Å². The molecule has 0 spiro atoms. The van der Waals surface area contributed by atoms with E-state index in [0.29, 0.717) is 0 Å². The van der Waals surface area contributed by atoms with Crippen molar-refractivity contribution in [1.29, 1.82) is 0 Å². The summed E-state index contributed by atoms with van der Waals surface area (Å²) < 4.78 is 19.7. The van der Waals surface area contributed by atoms with E-state index in [-0.39, 0.29) is 0 Å². The summed E-state index contributed by atoms with van der Waals surface area (Å²) in [4.78, 5) is 0. The van der Waals surface area contributed by atoms with E-state index in [0.717, 1.165) is 10.8 Å². The molecule has 0 bridgehead atoms. The van der Waals surface area contributed by atoms with Gasteiger partial charge >= 0.3 is 0 Å². The highest BCUT2D eigenvalue weighted by molar-refractivity contribution is 8.72. The van der Waals surface area contributed by atoms with Gasteiger partial charge in [0.1, 0.15) is 0 Å². The van der Waals surface area contributed by atoms with E-state index in [1.807, 2.05) is 0 Å². The van der Waals surface area contributed by atoms with Crippen LogP contribution in [0.2, 0.25) is 0 Å². The maximum absolute atomic E-state index is 9.85. The molecule has 0 saturated carbocycles. The maximum atomic E-state index is 9.85. The molecule has 0 saturated heterocycles. The Morgan fingerprint density at radius 3 is 1.83 bits per heavy atom. The summed E-state index contributed by atoms with van der Waals surface area (Å²) in [6.07, 6.45) is 4.30. The number of hydrogen-bond donors (Lipinski definition) is 0. The monoisotopic (exact) mass is 125 g/mol. The molecular weight excluding hydrogens is 120 g/mol. The first kappa shape index (κ1) is 6.30. The summed E-state index contributed by atoms with van der Waals surface area (Å²) in [5.74, 6) is 0. The zero-order valence-corrected chi connectivity index (χ0v) is 4.97. The lowest BCUT2D eigenvalue weighted by atomic mass is 12.0. The summed E-state index contributed by atoms with van der Waals surface area (Å²) in [7, 11) is -2.25. The molecule has 0 aromatic rings. The fraction of sp³-hybridized carbons (Fsp3) is 0.500. The fourth-order valence-corrected chi connectivity index (χ4v) is 0. The van der Waals surface area contributed by atoms with Gasteiger partial charge in [0.05, 0.1) is 8.87 Å². The number of rotatable bonds is 1. The molecule has 0 aliphatic heterocycles. The van der Waals surface area contributed by atoms with Crippen molar-refractivity contribution in [2.75, 3.05) is 6.26 Å². The number of hydrogen-bond acceptors (Lipinski definition) is 3. The highest BCUT2D eigenvalue weighted by Gasteiger charge is 1.81. The van der Waals surface area contributed by atoms with Crippen LogP contribution in [0, 0.1) is 6.26 Å². The largest absolute Gasteiger partial charge is 0.252 e. The minimum atomic E-state index is -3.00. The second-order valence-corrected chi connectivity index (χ2v) is 4.70. The van der Waals surface area contributed by atoms with Gasteiger partial charge in [0.2, 0.25) is 0 Å². The molecule has 0 N–H and O–H groups in total. The topological polar surface area (TPSA) is 34.1 Å². The zero-order valence-electron chi connectivity index (χ0n) is 3.34. The molecule has 0 rings (SSSR count). The van der Waals surface area contributed by atoms with Gasteiger partial charge in [0.15, 0.2) is 0 Å². The van der Waals surface area contributed by atoms with E-state index >= 15 is 0 Å². The molecule has 4 heteroatoms. The van der Waals surface area contributed by atoms with E-state index < -0.39 is 8.87 Å². The van der Waals surface area contributed by atoms with E-state index in [1.165, 1.54) is 6.26 Å². The van der Waals surface area contributed by atoms with Gasteiger partial charge in [-0.25, -0.2) is 6.26 Å². The van der Waals surface area contributed by atoms with Gasteiger partial charge in [-0.1, -0.05) is 10.8 Å². The van der Waals surface area contributed by atoms with Crippen molar-refractivity contribution in [3.63, 3.8) is 0 Å². The van der Waals surface area contributed by atoms with Crippen molar-refractivity contribution in [3.05, 3.63) is 6.26 Å². The lowest BCUT2D eigenvalue weighted by Gasteiger charge is -1.90. The van der Waals surface area contributed by atoms with Crippen molar-refractivity contribution in [1.82, 2.24) is 0 Å². The summed E-state index contributed by atoms with van der Waals surface area (Å²) in [6.45, 7) is 0. The Bertz CT molecular complexity index is 112. The molecule has 0 radical (unpaired) electrons. The molecule has 0 unspecified atom stereocenters. The Morgan fingerprint density at radius 2 is 1.83 bits per heavy atom. The van der Waals surface area contributed by atoms with Crippen LogP contribution in [0.15, 0.2) is 0 Å². The Labute approximate surface area is 41.3 Å². The molecule has 0 aliphatic carbocycles. The molecule has 38 valence electrons. The van der Waals surface area contributed by atoms with Gasteiger partial charge in [-0.3, -0.25) is 8.42 Å². The van der Waals surface area contributed by atoms with Crippen LogP contribution in [0.3, 0.4) is 0 Å². The van der Waals surface area contributed by atoms with Crippen molar-refractivity contribution < 1.29 is 8.42 Å². The third kappa shape index (κ3) is 4.30. The first-order valence-corrected chi connectivity index (χ1v) is 4.59. The van der Waals surface area contributed by atoms with Crippen LogP contribution < -0.4 is 0 Å². The van der Waals surface area contributed by atoms with Gasteiger partial charge in [0.25, 0.3) is 0 Å². The van der Waals surface area contributed by atoms with Gasteiger partial charge in [0, 0.05) is 0 Å². The molecule has 6 heavy (non-hydrogen) atoms. The van der Waals surface area contributed by atoms with Crippen molar-refractivity contribution in [2.24, 2.45) is 0 Å². The predicted octanol–water partition coefficient (Wildman–Crippen LogP) is 0.471. The van der Waals surface area contributed by atoms with E-state index in [1.54, 1.807) is 0 Å². The summed E-state index contributed by atoms with van der Waals surface area (Å²) in [5.41, 5.74) is 0. The van der Waals surface area contributed by atoms with E-state index in [4.69, 9.17) is 0 Å². The van der Waals surface area contributed by atoms with Gasteiger partial charge in [-0.05, 0) is 6.26 Å². The minimum absolute atomic E-state index is 0.743. The predicted molar refractivity (Wildman–Crippen MR) is 27.8 cm³/mol. The fourth-order valence-electron chi connectivity index (χ4n) is 0. The molecule has 0 heterocycles. The van der Waals surface area contributed by atoms with Crippen LogP contribution in [0.1, 0.15) is 0 Å². The second-order valence-electron chi connectivity index (χ2n) is 0.724. The first-order chi connectivity index (χ1) is 2.56. The Balaban J connectivity index is 3.85. The third-order valence-corrected chi connectivity index (χ3v) is 2.29. The quantitative estimate of drug-likeness (QED) is 0.377. The molecule has 0 aromatic heterocycles. The van der Waals surface area contributed by atoms with Crippen LogP contribution in [-0.2, 0) is 8.87 Å². The summed E-state index contributed by atoms with van der Waals surface area (Å²) in [5, 5.41) is 0. The molecule has 0 aliphatic rings. The third-order valence-electron chi connectivity index (χ3n) is 0.254. The van der Waals surface area contributed by atoms with Crippen molar-refractivity contribution in [3.8, 4) is 0 Å². The molecule has 0 fully saturated rings. The second kappa shape index (κ2) is 1.84. The first-order valence-electron chi connectivity index (χ1n) is 1.20. The summed E-state index contributed by atoms with van der Waals surface area (Å²) in [6, 6.07) is 0. The SMILES string of the molecule is [CH2-]S(=O)(=O)SC. The van der Waals surface area contributed by atoms with Crippen LogP contribution in [-0.4, -0.2) is 14.7 Å². The highest BCUT2D eigenvalue weighted by Crippen LogP contribution is 2.02. The molecular formula is C2H5O2S2-. The van der Waals surface area contributed by atoms with Crippen LogP contribution in [0.5, 0.6) is 0 Å². The lowest BCUT2D eigenvalue weighted by molar-refractivity contribution is 0.618. The average molecular weight is 125 g/mol. The van der Waals surface area contributed by atoms with Crippen molar-refractivity contribution >= 4 is 19.7 Å². The van der Waals surface area contributed by atoms with E-state index in [9.17, 15) is 8.42 Å². The van der Waals surface area contributed by atoms with Gasteiger partial charge < -0.3 is 0 Å².